The van der Waals surface area contributed by atoms with E-state index in [9.17, 15) is 106 Å². The first-order valence-electron chi connectivity index (χ1n) is 44.9. The smallest absolute Gasteiger partial charge is 0.237 e. The van der Waals surface area contributed by atoms with E-state index in [2.05, 4.69) is 49.1 Å². The predicted octanol–water partition coefficient (Wildman–Crippen LogP) is 10.2. The van der Waals surface area contributed by atoms with Gasteiger partial charge in [-0.2, -0.15) is 0 Å². The van der Waals surface area contributed by atoms with Gasteiger partial charge in [0.2, 0.25) is 90.2 Å². The molecule has 0 bridgehead atoms. The maximum Gasteiger partial charge on any atom is 0.237 e. The van der Waals surface area contributed by atoms with Gasteiger partial charge in [-0.3, -0.25) is 9.59 Å². The third-order valence-corrected chi connectivity index (χ3v) is 34.9. The van der Waals surface area contributed by atoms with E-state index >= 15 is 0 Å². The number of hydrogen-bond donors (Lipinski definition) is 14. The lowest BCUT2D eigenvalue weighted by atomic mass is 9.98. The summed E-state index contributed by atoms with van der Waals surface area (Å²) in [6, 6.07) is -1.08. The van der Waals surface area contributed by atoms with Gasteiger partial charge in [-0.25, -0.2) is 118 Å². The van der Waals surface area contributed by atoms with Gasteiger partial charge in [-0.15, -0.1) is 0 Å². The minimum atomic E-state index is -3.42. The largest absolute Gasteiger partial charge is 0.392 e. The summed E-state index contributed by atoms with van der Waals surface area (Å²) in [7, 11) is -30.4. The third kappa shape index (κ3) is 44.7. The van der Waals surface area contributed by atoms with Crippen molar-refractivity contribution in [3.63, 3.8) is 0 Å². The molecular formula is C93H151N9O27S9. The molecule has 1 aliphatic heterocycles. The van der Waals surface area contributed by atoms with Crippen LogP contribution in [0.1, 0.15) is 245 Å². The number of carbonyl (C=O) groups excluding carboxylic acids is 2. The molecule has 0 spiro atoms. The summed E-state index contributed by atoms with van der Waals surface area (Å²) in [5.74, 6) is -0.107. The second-order valence-electron chi connectivity index (χ2n) is 37.6. The lowest BCUT2D eigenvalue weighted by molar-refractivity contribution is -0.113. The fourth-order valence-corrected chi connectivity index (χ4v) is 25.1. The van der Waals surface area contributed by atoms with Gasteiger partial charge in [0.05, 0.1) is 86.9 Å². The second kappa shape index (κ2) is 54.3. The highest BCUT2D eigenvalue weighted by molar-refractivity contribution is 7.95. The van der Waals surface area contributed by atoms with E-state index in [1.54, 1.807) is 246 Å². The van der Waals surface area contributed by atoms with Crippen molar-refractivity contribution in [3.05, 3.63) is 216 Å². The van der Waals surface area contributed by atoms with E-state index < -0.39 is 119 Å². The number of carbonyl (C=O) groups is 2. The summed E-state index contributed by atoms with van der Waals surface area (Å²) < 4.78 is 245. The van der Waals surface area contributed by atoms with Gasteiger partial charge >= 0.3 is 0 Å². The zero-order chi connectivity index (χ0) is 107. The number of allylic oxidation sites excluding steroid dienone is 26. The van der Waals surface area contributed by atoms with Crippen molar-refractivity contribution in [2.75, 3.05) is 19.8 Å². The zero-order valence-corrected chi connectivity index (χ0v) is 91.8. The number of rotatable bonds is 36. The van der Waals surface area contributed by atoms with Crippen molar-refractivity contribution in [2.45, 2.75) is 328 Å². The lowest BCUT2D eigenvalue weighted by Crippen LogP contribution is -2.31. The Kier molecular flexibility index (Phi) is 50.1. The highest BCUT2D eigenvalue weighted by Gasteiger charge is 2.35. The Morgan fingerprint density at radius 2 is 0.652 bits per heavy atom. The first kappa shape index (κ1) is 127. The molecule has 0 aromatic rings. The standard InChI is InChI=1S/C11H17NO4S.3C11H19NO3S.C11H17NO2S.C10H17NO3S.C10H15NO3S.C9H15NO3S.C9H13NO3S/c1-8(2)12-17(13,14)10-4-3-9(7-10)11-15-5-6-16-11;3*1-8(2)12-16(14,15)10-6-5-9(7-10)11(3,4)13;1-8(2)10-5-6-11(7-10)15(13,14)12-9(3)4;2*1-7(2)11-15(13,14)10-5-4-9(6-10)8(3)12;2*1-7(2)10-14(12,13)9-4-3-8(5-9)6-11/h3,7-8,11-12H,4-6H2,1-2H3;2*5,7-8,12-13H,6H2,1-4H3;5-6,8,12-13H,7H2,1-4H3;5,7,9,12H,1,6H2,2-4H3;4,6-8,11-12H,5H2,1-3H3;4,6-7,11H,5H2,1-3H3;3,5,7,10-11H,4,6H2,1-2H3;3,5-7,10H,4H2,1-2H3. The van der Waals surface area contributed by atoms with E-state index in [0.717, 1.165) is 22.3 Å². The highest BCUT2D eigenvalue weighted by atomic mass is 32.2. The first-order valence-corrected chi connectivity index (χ1v) is 58.3. The first-order chi connectivity index (χ1) is 62.8. The van der Waals surface area contributed by atoms with Crippen LogP contribution in [0.2, 0.25) is 0 Å². The summed E-state index contributed by atoms with van der Waals surface area (Å²) >= 11 is 0. The van der Waals surface area contributed by atoms with Gasteiger partial charge in [0, 0.05) is 129 Å². The molecule has 1 atom stereocenters. The van der Waals surface area contributed by atoms with E-state index in [1.807, 2.05) is 19.1 Å². The average molecular weight is 2120 g/mol. The van der Waals surface area contributed by atoms with Gasteiger partial charge in [-0.05, 0) is 275 Å². The number of Topliss-reactive ketones (excluding diaryl/α,β-unsaturated/α-hetero) is 1. The number of nitrogens with one attached hydrogen (secondary N) is 9. The van der Waals surface area contributed by atoms with Crippen molar-refractivity contribution in [2.24, 2.45) is 0 Å². The quantitative estimate of drug-likeness (QED) is 0.0259. The Labute approximate surface area is 823 Å². The molecule has 1 heterocycles. The van der Waals surface area contributed by atoms with Crippen molar-refractivity contribution in [1.29, 1.82) is 0 Å². The average Bonchev–Trinajstić information content (AvgIpc) is 1.68. The van der Waals surface area contributed by atoms with Gasteiger partial charge in [-0.1, -0.05) is 66.8 Å². The number of ether oxygens (including phenoxy) is 2. The minimum absolute atomic E-state index is 0.0789. The number of aldehydes is 1. The monoisotopic (exact) mass is 2110 g/mol. The maximum atomic E-state index is 11.9. The molecular weight excluding hydrogens is 1960 g/mol. The summed E-state index contributed by atoms with van der Waals surface area (Å²) in [4.78, 5) is 24.3. The zero-order valence-electron chi connectivity index (χ0n) is 84.4. The van der Waals surface area contributed by atoms with Crippen LogP contribution in [0.3, 0.4) is 0 Å². The van der Waals surface area contributed by atoms with Gasteiger partial charge in [0.1, 0.15) is 6.29 Å². The molecule has 0 amide bonds. The summed E-state index contributed by atoms with van der Waals surface area (Å²) in [5.41, 5.74) is 3.90. The Hall–Kier alpha value is -6.69. The Morgan fingerprint density at radius 3 is 0.920 bits per heavy atom. The fraction of sp³-hybridized carbons (Fsp3) is 0.570. The molecule has 1 unspecified atom stereocenters. The molecule has 0 saturated carbocycles. The van der Waals surface area contributed by atoms with E-state index in [0.29, 0.717) is 139 Å². The molecule has 1 saturated heterocycles. The summed E-state index contributed by atoms with van der Waals surface area (Å²) in [5, 5.41) is 47.4. The van der Waals surface area contributed by atoms with Crippen LogP contribution in [-0.4, -0.2) is 217 Å². The van der Waals surface area contributed by atoms with Crippen LogP contribution in [0.4, 0.5) is 0 Å². The molecule has 45 heteroatoms. The Morgan fingerprint density at radius 1 is 0.370 bits per heavy atom. The van der Waals surface area contributed by atoms with Crippen LogP contribution in [0.15, 0.2) is 216 Å². The summed E-state index contributed by atoms with van der Waals surface area (Å²) in [6.07, 6.45) is 32.3. The summed E-state index contributed by atoms with van der Waals surface area (Å²) in [6.45, 7) is 51.5. The number of aliphatic hydroxyl groups excluding tert-OH is 2. The third-order valence-electron chi connectivity index (χ3n) is 19.1. The van der Waals surface area contributed by atoms with E-state index in [4.69, 9.17) is 14.6 Å². The maximum absolute atomic E-state index is 11.9. The van der Waals surface area contributed by atoms with Gasteiger partial charge < -0.3 is 35.0 Å². The molecule has 10 rings (SSSR count). The number of ketones is 1. The van der Waals surface area contributed by atoms with Crippen LogP contribution >= 0.6 is 0 Å². The molecule has 9 aliphatic carbocycles. The van der Waals surface area contributed by atoms with Crippen molar-refractivity contribution in [1.82, 2.24) is 42.5 Å². The molecule has 0 aromatic heterocycles. The van der Waals surface area contributed by atoms with Crippen molar-refractivity contribution < 1.29 is 120 Å². The van der Waals surface area contributed by atoms with E-state index in [-0.39, 0.29) is 83.0 Å². The van der Waals surface area contributed by atoms with Crippen molar-refractivity contribution >= 4 is 102 Å². The van der Waals surface area contributed by atoms with Crippen LogP contribution in [-0.2, 0) is 109 Å². The number of aliphatic hydroxyl groups is 5. The molecule has 0 radical (unpaired) electrons. The van der Waals surface area contributed by atoms with Gasteiger partial charge in [0.25, 0.3) is 0 Å². The topological polar surface area (TPSA) is 569 Å². The Balaban J connectivity index is 0.000000525. The molecule has 10 aliphatic rings. The fourth-order valence-electron chi connectivity index (χ4n) is 12.8. The molecule has 1 fully saturated rings. The number of sulfonamides is 9. The molecule has 138 heavy (non-hydrogen) atoms. The number of hydrogen-bond acceptors (Lipinski definition) is 27. The minimum Gasteiger partial charge on any atom is -0.392 e. The van der Waals surface area contributed by atoms with Crippen molar-refractivity contribution in [3.8, 4) is 0 Å². The van der Waals surface area contributed by atoms with Crippen LogP contribution in [0, 0.1) is 0 Å². The highest BCUT2D eigenvalue weighted by Crippen LogP contribution is 2.35. The SMILES string of the molecule is C=C(C)C1=CCC(S(=O)(=O)NC(C)C)=C1.CC(=O)C1=CCC(S(=O)(=O)NC(C)C)=C1.CC(C)NS(=O)(=O)C1=CC(C(C)(C)O)=CC1.CC(C)NS(=O)(=O)C1=CC(C(C)(C)O)=CC1.CC(C)NS(=O)(=O)C1=CC(C(C)O)=CC1.CC(C)NS(=O)(=O)C1=CC(C2OCCO2)=CC1.CC(C)NS(=O)(=O)C1=CC(C=O)=CC1.CC(C)NS(=O)(=O)C1=CC(CO)=CC1.CC(C)NS(=O)(=O)C1=CC=C(C(C)(C)O)C1. The molecule has 14 N–H and O–H groups in total. The second-order valence-corrected chi connectivity index (χ2v) is 53.5. The van der Waals surface area contributed by atoms with Crippen LogP contribution in [0.25, 0.3) is 0 Å². The Bertz CT molecular complexity index is 5890. The molecule has 784 valence electrons. The predicted molar refractivity (Wildman–Crippen MR) is 547 cm³/mol. The molecule has 0 aromatic carbocycles. The normalized spacial score (nSPS) is 17.9. The van der Waals surface area contributed by atoms with Gasteiger partial charge in [0.15, 0.2) is 12.1 Å². The molecule has 36 nitrogen and oxygen atoms in total. The van der Waals surface area contributed by atoms with E-state index in [1.165, 1.54) is 31.2 Å². The van der Waals surface area contributed by atoms with Crippen LogP contribution in [0.5, 0.6) is 0 Å². The lowest BCUT2D eigenvalue weighted by Gasteiger charge is -2.20. The van der Waals surface area contributed by atoms with Crippen LogP contribution < -0.4 is 42.5 Å².